The van der Waals surface area contributed by atoms with E-state index in [9.17, 15) is 9.59 Å². The molecule has 0 aromatic heterocycles. The maximum absolute atomic E-state index is 13.0. The molecule has 0 saturated carbocycles. The number of rotatable bonds is 5. The van der Waals surface area contributed by atoms with Crippen LogP contribution in [0, 0.1) is 6.92 Å². The molecule has 1 aromatic rings. The van der Waals surface area contributed by atoms with Gasteiger partial charge in [-0.25, -0.2) is 4.79 Å². The molecule has 3 aliphatic rings. The molecule has 1 aliphatic carbocycles. The van der Waals surface area contributed by atoms with Crippen LogP contribution in [0.3, 0.4) is 0 Å². The van der Waals surface area contributed by atoms with Crippen molar-refractivity contribution in [2.24, 2.45) is 4.99 Å². The second-order valence-electron chi connectivity index (χ2n) is 8.81. The summed E-state index contributed by atoms with van der Waals surface area (Å²) >= 11 is 1.83. The van der Waals surface area contributed by atoms with Crippen molar-refractivity contribution < 1.29 is 14.3 Å². The molecule has 2 atom stereocenters. The fourth-order valence-electron chi connectivity index (χ4n) is 4.51. The van der Waals surface area contributed by atoms with E-state index in [0.29, 0.717) is 25.3 Å². The monoisotopic (exact) mass is 467 g/mol. The van der Waals surface area contributed by atoms with Crippen LogP contribution in [0.4, 0.5) is 4.79 Å². The second kappa shape index (κ2) is 10.6. The maximum Gasteiger partial charge on any atom is 0.409 e. The van der Waals surface area contributed by atoms with Crippen LogP contribution in [0.15, 0.2) is 51.9 Å². The molecule has 33 heavy (non-hydrogen) atoms. The van der Waals surface area contributed by atoms with Gasteiger partial charge in [0.25, 0.3) is 5.91 Å². The Morgan fingerprint density at radius 3 is 2.76 bits per heavy atom. The molecule has 1 fully saturated rings. The van der Waals surface area contributed by atoms with Crippen LogP contribution in [-0.4, -0.2) is 59.6 Å². The van der Waals surface area contributed by atoms with E-state index in [-0.39, 0.29) is 29.3 Å². The second-order valence-corrected chi connectivity index (χ2v) is 10.0. The highest BCUT2D eigenvalue weighted by atomic mass is 32.2. The third-order valence-electron chi connectivity index (χ3n) is 6.27. The average Bonchev–Trinajstić information content (AvgIpc) is 2.96. The molecular formula is C26H33N3O3S. The van der Waals surface area contributed by atoms with Crippen molar-refractivity contribution in [3.05, 3.63) is 53.1 Å². The highest BCUT2D eigenvalue weighted by Crippen LogP contribution is 2.37. The first-order valence-corrected chi connectivity index (χ1v) is 12.8. The van der Waals surface area contributed by atoms with Gasteiger partial charge < -0.3 is 15.0 Å². The summed E-state index contributed by atoms with van der Waals surface area (Å²) < 4.78 is 5.08. The summed E-state index contributed by atoms with van der Waals surface area (Å²) in [6, 6.07) is 6.60. The van der Waals surface area contributed by atoms with E-state index < -0.39 is 0 Å². The Hall–Kier alpha value is -2.54. The first-order valence-electron chi connectivity index (χ1n) is 12.0. The van der Waals surface area contributed by atoms with Gasteiger partial charge in [-0.3, -0.25) is 9.79 Å². The van der Waals surface area contributed by atoms with Gasteiger partial charge in [0, 0.05) is 40.9 Å². The van der Waals surface area contributed by atoms with Gasteiger partial charge in [-0.1, -0.05) is 37.1 Å². The zero-order valence-corrected chi connectivity index (χ0v) is 20.5. The Morgan fingerprint density at radius 2 is 2.03 bits per heavy atom. The maximum atomic E-state index is 13.0. The quantitative estimate of drug-likeness (QED) is 0.684. The number of ether oxygens (including phenoxy) is 1. The summed E-state index contributed by atoms with van der Waals surface area (Å²) in [6.07, 6.45) is 9.24. The molecule has 1 N–H and O–H groups in total. The zero-order chi connectivity index (χ0) is 23.4. The topological polar surface area (TPSA) is 71.0 Å². The van der Waals surface area contributed by atoms with Gasteiger partial charge >= 0.3 is 6.09 Å². The number of benzene rings is 1. The molecular weight excluding hydrogens is 434 g/mol. The Kier molecular flexibility index (Phi) is 7.58. The fraction of sp³-hybridized carbons (Fsp3) is 0.500. The van der Waals surface area contributed by atoms with Gasteiger partial charge in [-0.2, -0.15) is 0 Å². The minimum Gasteiger partial charge on any atom is -0.450 e. The normalized spacial score (nSPS) is 22.5. The van der Waals surface area contributed by atoms with Crippen LogP contribution in [0.2, 0.25) is 0 Å². The number of aryl methyl sites for hydroxylation is 1. The largest absolute Gasteiger partial charge is 0.450 e. The molecule has 2 aliphatic heterocycles. The molecule has 0 radical (unpaired) electrons. The minimum atomic E-state index is -0.269. The Morgan fingerprint density at radius 1 is 1.24 bits per heavy atom. The number of likely N-dealkylation sites (tertiary alicyclic amines) is 1. The molecule has 176 valence electrons. The molecule has 0 bridgehead atoms. The van der Waals surface area contributed by atoms with Gasteiger partial charge in [0.2, 0.25) is 0 Å². The van der Waals surface area contributed by atoms with Crippen molar-refractivity contribution in [1.29, 1.82) is 0 Å². The van der Waals surface area contributed by atoms with E-state index in [1.807, 2.05) is 30.8 Å². The average molecular weight is 468 g/mol. The third-order valence-corrected chi connectivity index (χ3v) is 7.59. The summed E-state index contributed by atoms with van der Waals surface area (Å²) in [5, 5.41) is 3.34. The van der Waals surface area contributed by atoms with E-state index >= 15 is 0 Å². The zero-order valence-electron chi connectivity index (χ0n) is 19.7. The predicted molar refractivity (Wildman–Crippen MR) is 133 cm³/mol. The van der Waals surface area contributed by atoms with Crippen LogP contribution >= 0.6 is 11.8 Å². The van der Waals surface area contributed by atoms with Gasteiger partial charge in [-0.05, 0) is 51.3 Å². The number of amides is 2. The fourth-order valence-corrected chi connectivity index (χ4v) is 5.69. The number of piperidine rings is 1. The number of carbonyl (C=O) groups excluding carboxylic acids is 2. The Balaban J connectivity index is 1.44. The number of fused-ring (bicyclic) bond motifs is 2. The number of nitrogens with zero attached hydrogens (tertiary/aromatic N) is 2. The van der Waals surface area contributed by atoms with Crippen molar-refractivity contribution >= 4 is 29.5 Å². The standard InChI is InChI=1S/C26H33N3O3S/c1-4-6-21-20-15-17(3)7-9-23(20)33-24-10-8-18(16-22(24)28-21)25(30)27-19-11-13-29(14-12-19)26(31)32-5-2/h7-10,15-16,19,22,24H,4-6,11-14H2,1-3H3,(H,27,30). The highest BCUT2D eigenvalue weighted by Gasteiger charge is 2.30. The van der Waals surface area contributed by atoms with Crippen LogP contribution in [-0.2, 0) is 9.53 Å². The van der Waals surface area contributed by atoms with Crippen molar-refractivity contribution in [2.75, 3.05) is 19.7 Å². The van der Waals surface area contributed by atoms with Crippen molar-refractivity contribution in [1.82, 2.24) is 10.2 Å². The van der Waals surface area contributed by atoms with Gasteiger partial charge in [0.1, 0.15) is 0 Å². The first kappa shape index (κ1) is 23.6. The van der Waals surface area contributed by atoms with E-state index in [0.717, 1.165) is 31.4 Å². The highest BCUT2D eigenvalue weighted by molar-refractivity contribution is 8.00. The number of thioether (sulfide) groups is 1. The lowest BCUT2D eigenvalue weighted by Crippen LogP contribution is -2.47. The van der Waals surface area contributed by atoms with E-state index in [4.69, 9.17) is 9.73 Å². The third kappa shape index (κ3) is 5.52. The number of carbonyl (C=O) groups is 2. The molecule has 1 saturated heterocycles. The molecule has 7 heteroatoms. The van der Waals surface area contributed by atoms with Crippen LogP contribution < -0.4 is 5.32 Å². The number of nitrogens with one attached hydrogen (secondary N) is 1. The van der Waals surface area contributed by atoms with Crippen LogP contribution in [0.5, 0.6) is 0 Å². The SMILES string of the molecule is CCCC1=NC2C=C(C(=O)NC3CCN(C(=O)OCC)CC3)C=CC2Sc2ccc(C)cc21. The van der Waals surface area contributed by atoms with E-state index in [1.165, 1.54) is 16.0 Å². The van der Waals surface area contributed by atoms with Crippen molar-refractivity contribution in [3.63, 3.8) is 0 Å². The van der Waals surface area contributed by atoms with Gasteiger partial charge in [-0.15, -0.1) is 11.8 Å². The summed E-state index contributed by atoms with van der Waals surface area (Å²) in [6.45, 7) is 7.68. The van der Waals surface area contributed by atoms with Crippen LogP contribution in [0.1, 0.15) is 50.7 Å². The Bertz CT molecular complexity index is 992. The van der Waals surface area contributed by atoms with Crippen LogP contribution in [0.25, 0.3) is 0 Å². The molecule has 1 aromatic carbocycles. The summed E-state index contributed by atoms with van der Waals surface area (Å²) in [5.74, 6) is -0.0610. The molecule has 2 heterocycles. The molecule has 2 unspecified atom stereocenters. The molecule has 0 spiro atoms. The number of hydrogen-bond donors (Lipinski definition) is 1. The van der Waals surface area contributed by atoms with Crippen molar-refractivity contribution in [3.8, 4) is 0 Å². The lowest BCUT2D eigenvalue weighted by Gasteiger charge is -2.32. The minimum absolute atomic E-state index is 0.0549. The van der Waals surface area contributed by atoms with Gasteiger partial charge in [0.05, 0.1) is 17.9 Å². The molecule has 4 rings (SSSR count). The molecule has 6 nitrogen and oxygen atoms in total. The van der Waals surface area contributed by atoms with E-state index in [2.05, 4.69) is 43.4 Å². The lowest BCUT2D eigenvalue weighted by molar-refractivity contribution is -0.118. The first-order chi connectivity index (χ1) is 16.0. The summed E-state index contributed by atoms with van der Waals surface area (Å²) in [7, 11) is 0. The Labute approximate surface area is 200 Å². The smallest absolute Gasteiger partial charge is 0.409 e. The predicted octanol–water partition coefficient (Wildman–Crippen LogP) is 4.66. The lowest BCUT2D eigenvalue weighted by atomic mass is 9.99. The number of aliphatic imine (C=N–C) groups is 1. The van der Waals surface area contributed by atoms with Crippen molar-refractivity contribution in [2.45, 2.75) is 68.7 Å². The summed E-state index contributed by atoms with van der Waals surface area (Å²) in [4.78, 5) is 33.0. The van der Waals surface area contributed by atoms with Gasteiger partial charge in [0.15, 0.2) is 0 Å². The number of hydrogen-bond acceptors (Lipinski definition) is 5. The summed E-state index contributed by atoms with van der Waals surface area (Å²) in [5.41, 5.74) is 4.28. The molecule has 2 amide bonds. The van der Waals surface area contributed by atoms with E-state index in [1.54, 1.807) is 4.90 Å².